The predicted octanol–water partition coefficient (Wildman–Crippen LogP) is 4.20. The zero-order valence-electron chi connectivity index (χ0n) is 20.5. The van der Waals surface area contributed by atoms with E-state index >= 15 is 0 Å². The van der Waals surface area contributed by atoms with E-state index < -0.39 is 0 Å². The molecule has 9 nitrogen and oxygen atoms in total. The lowest BCUT2D eigenvalue weighted by Gasteiger charge is -2.28. The highest BCUT2D eigenvalue weighted by Gasteiger charge is 2.20. The summed E-state index contributed by atoms with van der Waals surface area (Å²) in [6, 6.07) is 9.08. The minimum Gasteiger partial charge on any atom is -0.376 e. The molecule has 0 spiro atoms. The van der Waals surface area contributed by atoms with E-state index in [0.717, 1.165) is 62.2 Å². The summed E-state index contributed by atoms with van der Waals surface area (Å²) in [5.74, 6) is -0.421. The maximum atomic E-state index is 13.0. The molecular formula is C27H31N5O4. The Hall–Kier alpha value is -3.72. The number of hydrogen-bond acceptors (Lipinski definition) is 7. The second-order valence-electron chi connectivity index (χ2n) is 9.38. The van der Waals surface area contributed by atoms with Gasteiger partial charge in [-0.3, -0.25) is 14.6 Å². The van der Waals surface area contributed by atoms with Crippen LogP contribution in [0.1, 0.15) is 58.6 Å². The molecule has 2 aliphatic rings. The van der Waals surface area contributed by atoms with Crippen molar-refractivity contribution in [1.82, 2.24) is 15.5 Å². The summed E-state index contributed by atoms with van der Waals surface area (Å²) in [5.41, 5.74) is 4.35. The highest BCUT2D eigenvalue weighted by atomic mass is 16.5. The normalized spacial score (nSPS) is 17.7. The number of anilines is 2. The fourth-order valence-electron chi connectivity index (χ4n) is 4.66. The summed E-state index contributed by atoms with van der Waals surface area (Å²) in [4.78, 5) is 32.0. The van der Waals surface area contributed by atoms with Gasteiger partial charge >= 0.3 is 0 Å². The first-order valence-corrected chi connectivity index (χ1v) is 12.6. The van der Waals surface area contributed by atoms with Crippen LogP contribution in [0, 0.1) is 6.92 Å². The van der Waals surface area contributed by atoms with Gasteiger partial charge in [0.1, 0.15) is 5.69 Å². The van der Waals surface area contributed by atoms with Crippen molar-refractivity contribution in [2.24, 2.45) is 0 Å². The van der Waals surface area contributed by atoms with Crippen LogP contribution < -0.4 is 15.5 Å². The van der Waals surface area contributed by atoms with Crippen LogP contribution in [0.2, 0.25) is 0 Å². The van der Waals surface area contributed by atoms with Gasteiger partial charge in [-0.15, -0.1) is 0 Å². The van der Waals surface area contributed by atoms with E-state index in [0.29, 0.717) is 23.5 Å². The molecule has 1 aromatic carbocycles. The minimum atomic E-state index is -0.326. The SMILES string of the molecule is Cc1ccc(NC(=O)c2cncc(N3CCCCC3)c2)cc1-c1cc(C(=O)NCC2CCCO2)on1. The van der Waals surface area contributed by atoms with Crippen LogP contribution in [0.5, 0.6) is 0 Å². The summed E-state index contributed by atoms with van der Waals surface area (Å²) in [7, 11) is 0. The molecule has 2 aliphatic heterocycles. The van der Waals surface area contributed by atoms with E-state index in [-0.39, 0.29) is 23.7 Å². The van der Waals surface area contributed by atoms with Gasteiger partial charge in [0.25, 0.3) is 11.8 Å². The number of carbonyl (C=O) groups excluding carboxylic acids is 2. The first kappa shape index (κ1) is 24.0. The molecule has 4 heterocycles. The Balaban J connectivity index is 1.27. The largest absolute Gasteiger partial charge is 0.376 e. The molecule has 2 aromatic heterocycles. The van der Waals surface area contributed by atoms with Crippen molar-refractivity contribution in [3.05, 3.63) is 59.6 Å². The number of benzene rings is 1. The van der Waals surface area contributed by atoms with Crippen LogP contribution in [0.25, 0.3) is 11.3 Å². The molecule has 3 aromatic rings. The minimum absolute atomic E-state index is 0.0506. The number of nitrogens with zero attached hydrogens (tertiary/aromatic N) is 3. The fourth-order valence-corrected chi connectivity index (χ4v) is 4.66. The first-order chi connectivity index (χ1) is 17.6. The Morgan fingerprint density at radius 1 is 1.06 bits per heavy atom. The lowest BCUT2D eigenvalue weighted by molar-refractivity contribution is 0.0827. The van der Waals surface area contributed by atoms with Gasteiger partial charge in [0.05, 0.1) is 23.6 Å². The van der Waals surface area contributed by atoms with E-state index in [1.807, 2.05) is 37.4 Å². The number of ether oxygens (including phenoxy) is 1. The summed E-state index contributed by atoms with van der Waals surface area (Å²) in [6.45, 7) is 5.10. The van der Waals surface area contributed by atoms with Gasteiger partial charge in [-0.25, -0.2) is 0 Å². The zero-order chi connectivity index (χ0) is 24.9. The summed E-state index contributed by atoms with van der Waals surface area (Å²) in [6.07, 6.45) is 8.95. The molecule has 2 amide bonds. The molecule has 188 valence electrons. The van der Waals surface area contributed by atoms with Crippen LogP contribution in [-0.4, -0.2) is 54.3 Å². The van der Waals surface area contributed by atoms with Gasteiger partial charge in [-0.2, -0.15) is 0 Å². The Labute approximate surface area is 210 Å². The Morgan fingerprint density at radius 3 is 2.72 bits per heavy atom. The number of hydrogen-bond donors (Lipinski definition) is 2. The van der Waals surface area contributed by atoms with Crippen LogP contribution in [-0.2, 0) is 4.74 Å². The number of amides is 2. The van der Waals surface area contributed by atoms with Crippen LogP contribution >= 0.6 is 0 Å². The zero-order valence-corrected chi connectivity index (χ0v) is 20.5. The first-order valence-electron chi connectivity index (χ1n) is 12.6. The molecule has 0 radical (unpaired) electrons. The van der Waals surface area contributed by atoms with E-state index in [4.69, 9.17) is 9.26 Å². The molecule has 2 fully saturated rings. The quantitative estimate of drug-likeness (QED) is 0.512. The van der Waals surface area contributed by atoms with Crippen LogP contribution in [0.15, 0.2) is 47.2 Å². The second kappa shape index (κ2) is 10.9. The van der Waals surface area contributed by atoms with Crippen molar-refractivity contribution in [2.45, 2.75) is 45.1 Å². The molecule has 0 aliphatic carbocycles. The molecule has 2 N–H and O–H groups in total. The topological polar surface area (TPSA) is 110 Å². The van der Waals surface area contributed by atoms with Crippen molar-refractivity contribution in [3.8, 4) is 11.3 Å². The van der Waals surface area contributed by atoms with Gasteiger partial charge in [0, 0.05) is 49.8 Å². The maximum Gasteiger partial charge on any atom is 0.290 e. The van der Waals surface area contributed by atoms with Gasteiger partial charge in [0.15, 0.2) is 0 Å². The Morgan fingerprint density at radius 2 is 1.92 bits per heavy atom. The van der Waals surface area contributed by atoms with Gasteiger partial charge < -0.3 is 24.8 Å². The molecular weight excluding hydrogens is 458 g/mol. The second-order valence-corrected chi connectivity index (χ2v) is 9.38. The van der Waals surface area contributed by atoms with E-state index in [1.54, 1.807) is 12.3 Å². The third-order valence-corrected chi connectivity index (χ3v) is 6.73. The highest BCUT2D eigenvalue weighted by molar-refractivity contribution is 6.05. The van der Waals surface area contributed by atoms with Gasteiger partial charge in [-0.1, -0.05) is 11.2 Å². The summed E-state index contributed by atoms with van der Waals surface area (Å²) >= 11 is 0. The number of aryl methyl sites for hydroxylation is 1. The monoisotopic (exact) mass is 489 g/mol. The molecule has 1 unspecified atom stereocenters. The molecule has 36 heavy (non-hydrogen) atoms. The van der Waals surface area contributed by atoms with E-state index in [1.165, 1.54) is 6.42 Å². The van der Waals surface area contributed by atoms with E-state index in [9.17, 15) is 9.59 Å². The van der Waals surface area contributed by atoms with Crippen molar-refractivity contribution >= 4 is 23.2 Å². The molecule has 0 saturated carbocycles. The molecule has 0 bridgehead atoms. The average Bonchev–Trinajstić information content (AvgIpc) is 3.62. The maximum absolute atomic E-state index is 13.0. The predicted molar refractivity (Wildman–Crippen MR) is 136 cm³/mol. The lowest BCUT2D eigenvalue weighted by atomic mass is 10.0. The van der Waals surface area contributed by atoms with Crippen LogP contribution in [0.3, 0.4) is 0 Å². The molecule has 1 atom stereocenters. The number of rotatable bonds is 7. The number of carbonyl (C=O) groups is 2. The third-order valence-electron chi connectivity index (χ3n) is 6.73. The number of piperidine rings is 1. The van der Waals surface area contributed by atoms with Crippen molar-refractivity contribution in [1.29, 1.82) is 0 Å². The van der Waals surface area contributed by atoms with Crippen molar-refractivity contribution < 1.29 is 18.8 Å². The van der Waals surface area contributed by atoms with Crippen molar-refractivity contribution in [3.63, 3.8) is 0 Å². The Bertz CT molecular complexity index is 1230. The molecule has 9 heteroatoms. The van der Waals surface area contributed by atoms with E-state index in [2.05, 4.69) is 25.7 Å². The number of pyridine rings is 1. The molecule has 5 rings (SSSR count). The number of nitrogens with one attached hydrogen (secondary N) is 2. The smallest absolute Gasteiger partial charge is 0.290 e. The fraction of sp³-hybridized carbons (Fsp3) is 0.407. The van der Waals surface area contributed by atoms with Crippen LogP contribution in [0.4, 0.5) is 11.4 Å². The summed E-state index contributed by atoms with van der Waals surface area (Å²) < 4.78 is 10.9. The third kappa shape index (κ3) is 5.57. The lowest BCUT2D eigenvalue weighted by Crippen LogP contribution is -2.31. The summed E-state index contributed by atoms with van der Waals surface area (Å²) in [5, 5.41) is 9.89. The molecule has 2 saturated heterocycles. The standard InChI is InChI=1S/C27H31N5O4/c1-18-7-8-20(30-26(33)19-12-21(16-28-15-19)32-9-3-2-4-10-32)13-23(18)24-14-25(36-31-24)27(34)29-17-22-6-5-11-35-22/h7-8,12-16,22H,2-6,9-11,17H2,1H3,(H,29,34)(H,30,33). The average molecular weight is 490 g/mol. The van der Waals surface area contributed by atoms with Gasteiger partial charge in [0.2, 0.25) is 5.76 Å². The Kier molecular flexibility index (Phi) is 7.27. The highest BCUT2D eigenvalue weighted by Crippen LogP contribution is 2.27. The van der Waals surface area contributed by atoms with Gasteiger partial charge in [-0.05, 0) is 62.8 Å². The number of aromatic nitrogens is 2. The van der Waals surface area contributed by atoms with Crippen molar-refractivity contribution in [2.75, 3.05) is 36.5 Å².